The maximum atomic E-state index is 11.6. The van der Waals surface area contributed by atoms with E-state index in [4.69, 9.17) is 14.2 Å². The summed E-state index contributed by atoms with van der Waals surface area (Å²) in [4.78, 5) is 24.7. The summed E-state index contributed by atoms with van der Waals surface area (Å²) >= 11 is 3.09. The Balaban J connectivity index is 4.72. The van der Waals surface area contributed by atoms with Crippen LogP contribution in [0.25, 0.3) is 0 Å². The highest BCUT2D eigenvalue weighted by molar-refractivity contribution is 9.11. The van der Waals surface area contributed by atoms with E-state index in [1.807, 2.05) is 0 Å². The van der Waals surface area contributed by atoms with Gasteiger partial charge in [0.15, 0.2) is 5.92 Å². The number of ether oxygens (including phenoxy) is 3. The number of halogens is 1. The number of hydrogen-bond acceptors (Lipinski definition) is 5. The van der Waals surface area contributed by atoms with Crippen molar-refractivity contribution >= 4 is 27.9 Å². The van der Waals surface area contributed by atoms with Gasteiger partial charge in [0.25, 0.3) is 0 Å². The Morgan fingerprint density at radius 2 is 1.65 bits per heavy atom. The molecule has 0 bridgehead atoms. The Bertz CT molecular complexity index is 270. The van der Waals surface area contributed by atoms with Gasteiger partial charge in [-0.25, -0.2) is 0 Å². The lowest BCUT2D eigenvalue weighted by atomic mass is 10.1. The molecule has 0 amide bonds. The summed E-state index contributed by atoms with van der Waals surface area (Å²) in [5.74, 6) is -1.72. The molecule has 0 unspecified atom stereocenters. The Morgan fingerprint density at radius 3 is 1.94 bits per heavy atom. The number of carbonyl (C=O) groups excluding carboxylic acids is 2. The van der Waals surface area contributed by atoms with Crippen LogP contribution < -0.4 is 0 Å². The van der Waals surface area contributed by atoms with Gasteiger partial charge < -0.3 is 14.2 Å². The monoisotopic (exact) mass is 308 g/mol. The van der Waals surface area contributed by atoms with Crippen LogP contribution in [0.3, 0.4) is 0 Å². The lowest BCUT2D eigenvalue weighted by Crippen LogP contribution is -2.28. The first-order valence-corrected chi connectivity index (χ1v) is 6.18. The smallest absolute Gasteiger partial charge is 0.320 e. The van der Waals surface area contributed by atoms with Crippen molar-refractivity contribution in [3.8, 4) is 0 Å². The van der Waals surface area contributed by atoms with Gasteiger partial charge in [-0.15, -0.1) is 0 Å². The van der Waals surface area contributed by atoms with Crippen molar-refractivity contribution in [1.29, 1.82) is 0 Å². The van der Waals surface area contributed by atoms with E-state index in [9.17, 15) is 9.59 Å². The molecular weight excluding hydrogens is 292 g/mol. The molecule has 6 heteroatoms. The molecule has 0 rings (SSSR count). The zero-order valence-corrected chi connectivity index (χ0v) is 11.8. The molecule has 0 aromatic rings. The van der Waals surface area contributed by atoms with E-state index in [0.717, 1.165) is 0 Å². The Morgan fingerprint density at radius 1 is 1.18 bits per heavy atom. The third-order valence-electron chi connectivity index (χ3n) is 1.93. The van der Waals surface area contributed by atoms with E-state index in [0.29, 0.717) is 5.76 Å². The van der Waals surface area contributed by atoms with Crippen LogP contribution in [0.4, 0.5) is 0 Å². The zero-order chi connectivity index (χ0) is 13.3. The van der Waals surface area contributed by atoms with Crippen LogP contribution in [0, 0.1) is 5.92 Å². The molecule has 98 valence electrons. The first-order valence-electron chi connectivity index (χ1n) is 5.27. The maximum absolute atomic E-state index is 11.6. The number of rotatable bonds is 7. The summed E-state index contributed by atoms with van der Waals surface area (Å²) in [6, 6.07) is 0. The number of methoxy groups -OCH3 is 1. The highest BCUT2D eigenvalue weighted by Gasteiger charge is 2.30. The first-order chi connectivity index (χ1) is 8.10. The summed E-state index contributed by atoms with van der Waals surface area (Å²) in [6.07, 6.45) is 0.111. The summed E-state index contributed by atoms with van der Waals surface area (Å²) in [6.45, 7) is 3.79. The lowest BCUT2D eigenvalue weighted by Gasteiger charge is -2.15. The van der Waals surface area contributed by atoms with E-state index in [-0.39, 0.29) is 19.6 Å². The van der Waals surface area contributed by atoms with Crippen molar-refractivity contribution < 1.29 is 23.8 Å². The largest absolute Gasteiger partial charge is 0.501 e. The van der Waals surface area contributed by atoms with E-state index in [1.54, 1.807) is 13.8 Å². The molecule has 0 heterocycles. The number of carbonyl (C=O) groups is 2. The summed E-state index contributed by atoms with van der Waals surface area (Å²) in [5, 5.41) is 0. The standard InChI is InChI=1S/C11H17BrO5/c1-4-16-10(13)9(11(14)17-5-2)6-8(7-12)15-3/h7,9H,4-6H2,1-3H3/b8-7+. The zero-order valence-electron chi connectivity index (χ0n) is 10.2. The molecule has 0 fully saturated rings. The molecule has 0 aliphatic carbocycles. The van der Waals surface area contributed by atoms with Crippen LogP contribution in [0.15, 0.2) is 10.7 Å². The van der Waals surface area contributed by atoms with Crippen molar-refractivity contribution in [3.05, 3.63) is 10.7 Å². The van der Waals surface area contributed by atoms with E-state index in [1.165, 1.54) is 12.1 Å². The minimum absolute atomic E-state index is 0.111. The number of esters is 2. The van der Waals surface area contributed by atoms with Gasteiger partial charge in [-0.2, -0.15) is 0 Å². The van der Waals surface area contributed by atoms with E-state index >= 15 is 0 Å². The molecule has 0 spiro atoms. The first kappa shape index (κ1) is 16.0. The van der Waals surface area contributed by atoms with Crippen molar-refractivity contribution in [2.75, 3.05) is 20.3 Å². The minimum Gasteiger partial charge on any atom is -0.501 e. The SMILES string of the molecule is CCOC(=O)C(C/C(=C\Br)OC)C(=O)OCC. The summed E-state index contributed by atoms with van der Waals surface area (Å²) in [7, 11) is 1.46. The Kier molecular flexibility index (Phi) is 8.49. The predicted octanol–water partition coefficient (Wildman–Crippen LogP) is 2.00. The van der Waals surface area contributed by atoms with Crippen LogP contribution in [0.5, 0.6) is 0 Å². The van der Waals surface area contributed by atoms with Crippen LogP contribution in [-0.4, -0.2) is 32.3 Å². The topological polar surface area (TPSA) is 61.8 Å². The second-order valence-electron chi connectivity index (χ2n) is 3.04. The Hall–Kier alpha value is -1.04. The molecule has 0 atom stereocenters. The van der Waals surface area contributed by atoms with Crippen molar-refractivity contribution in [2.45, 2.75) is 20.3 Å². The van der Waals surface area contributed by atoms with Gasteiger partial charge in [-0.05, 0) is 13.8 Å². The van der Waals surface area contributed by atoms with Crippen LogP contribution in [-0.2, 0) is 23.8 Å². The average Bonchev–Trinajstić information content (AvgIpc) is 2.31. The van der Waals surface area contributed by atoms with Crippen molar-refractivity contribution in [3.63, 3.8) is 0 Å². The normalized spacial score (nSPS) is 11.2. The van der Waals surface area contributed by atoms with Gasteiger partial charge in [0.1, 0.15) is 5.76 Å². The quantitative estimate of drug-likeness (QED) is 0.409. The molecule has 0 saturated carbocycles. The molecule has 0 N–H and O–H groups in total. The van der Waals surface area contributed by atoms with Crippen molar-refractivity contribution in [2.24, 2.45) is 5.92 Å². The van der Waals surface area contributed by atoms with Gasteiger partial charge >= 0.3 is 11.9 Å². The van der Waals surface area contributed by atoms with Crippen LogP contribution in [0.1, 0.15) is 20.3 Å². The van der Waals surface area contributed by atoms with Gasteiger partial charge in [0.05, 0.1) is 20.3 Å². The average molecular weight is 309 g/mol. The fourth-order valence-corrected chi connectivity index (χ4v) is 1.50. The molecule has 0 radical (unpaired) electrons. The van der Waals surface area contributed by atoms with Crippen LogP contribution >= 0.6 is 15.9 Å². The van der Waals surface area contributed by atoms with Crippen molar-refractivity contribution in [1.82, 2.24) is 0 Å². The van der Waals surface area contributed by atoms with Gasteiger partial charge in [-0.1, -0.05) is 15.9 Å². The molecular formula is C11H17BrO5. The molecule has 17 heavy (non-hydrogen) atoms. The molecule has 0 aromatic heterocycles. The highest BCUT2D eigenvalue weighted by Crippen LogP contribution is 2.17. The maximum Gasteiger partial charge on any atom is 0.320 e. The Labute approximate surface area is 109 Å². The minimum atomic E-state index is -0.987. The summed E-state index contributed by atoms with van der Waals surface area (Å²) in [5.41, 5.74) is 0. The summed E-state index contributed by atoms with van der Waals surface area (Å²) < 4.78 is 14.6. The molecule has 0 aromatic carbocycles. The molecule has 0 saturated heterocycles. The predicted molar refractivity (Wildman–Crippen MR) is 65.4 cm³/mol. The van der Waals surface area contributed by atoms with E-state index in [2.05, 4.69) is 15.9 Å². The fourth-order valence-electron chi connectivity index (χ4n) is 1.12. The second-order valence-corrected chi connectivity index (χ2v) is 3.50. The second kappa shape index (κ2) is 9.04. The molecule has 5 nitrogen and oxygen atoms in total. The highest BCUT2D eigenvalue weighted by atomic mass is 79.9. The number of allylic oxidation sites excluding steroid dienone is 1. The lowest BCUT2D eigenvalue weighted by molar-refractivity contribution is -0.161. The van der Waals surface area contributed by atoms with Gasteiger partial charge in [-0.3, -0.25) is 9.59 Å². The number of hydrogen-bond donors (Lipinski definition) is 0. The van der Waals surface area contributed by atoms with Gasteiger partial charge in [0.2, 0.25) is 0 Å². The third-order valence-corrected chi connectivity index (χ3v) is 2.44. The van der Waals surface area contributed by atoms with E-state index < -0.39 is 17.9 Å². The fraction of sp³-hybridized carbons (Fsp3) is 0.636. The molecule has 0 aliphatic rings. The van der Waals surface area contributed by atoms with Gasteiger partial charge in [0, 0.05) is 11.4 Å². The molecule has 0 aliphatic heterocycles. The third kappa shape index (κ3) is 5.72. The van der Waals surface area contributed by atoms with Crippen LogP contribution in [0.2, 0.25) is 0 Å².